The van der Waals surface area contributed by atoms with Gasteiger partial charge >= 0.3 is 5.97 Å². The number of halogens is 1. The molecule has 1 aliphatic rings. The van der Waals surface area contributed by atoms with Crippen LogP contribution in [0.2, 0.25) is 5.02 Å². The summed E-state index contributed by atoms with van der Waals surface area (Å²) in [6.07, 6.45) is -1.58. The highest BCUT2D eigenvalue weighted by Gasteiger charge is 2.52. The van der Waals surface area contributed by atoms with E-state index in [2.05, 4.69) is 10.3 Å². The second-order valence-corrected chi connectivity index (χ2v) is 10.8. The third-order valence-corrected chi connectivity index (χ3v) is 7.68. The van der Waals surface area contributed by atoms with Crippen LogP contribution < -0.4 is 24.4 Å². The van der Waals surface area contributed by atoms with Gasteiger partial charge in [0.05, 0.1) is 27.3 Å². The predicted molar refractivity (Wildman–Crippen MR) is 163 cm³/mol. The first-order chi connectivity index (χ1) is 20.6. The number of anilines is 1. The SMILES string of the molecule is COc1ccc(CN2C(=O)CN[C@](c3cccc(OC)c3)([C@H](Oc3cc(C)cc(C)n3)C(=O)O)c3cc(Cl)ccc32)cc1. The minimum absolute atomic E-state index is 0.142. The Hall–Kier alpha value is -4.60. The number of pyridine rings is 1. The summed E-state index contributed by atoms with van der Waals surface area (Å²) in [5.74, 6) is -0.195. The largest absolute Gasteiger partial charge is 0.497 e. The summed E-state index contributed by atoms with van der Waals surface area (Å²) in [4.78, 5) is 33.2. The van der Waals surface area contributed by atoms with E-state index in [-0.39, 0.29) is 24.9 Å². The van der Waals surface area contributed by atoms with E-state index in [1.807, 2.05) is 44.2 Å². The van der Waals surface area contributed by atoms with Crippen molar-refractivity contribution in [3.8, 4) is 17.4 Å². The van der Waals surface area contributed by atoms with Crippen molar-refractivity contribution < 1.29 is 28.9 Å². The van der Waals surface area contributed by atoms with Crippen molar-refractivity contribution in [3.05, 3.63) is 112 Å². The number of nitrogens with one attached hydrogen (secondary N) is 1. The first-order valence-electron chi connectivity index (χ1n) is 13.6. The van der Waals surface area contributed by atoms with Crippen molar-refractivity contribution in [1.29, 1.82) is 0 Å². The van der Waals surface area contributed by atoms with Crippen molar-refractivity contribution in [2.24, 2.45) is 0 Å². The Labute approximate surface area is 255 Å². The van der Waals surface area contributed by atoms with Gasteiger partial charge in [0, 0.05) is 28.0 Å². The first kappa shape index (κ1) is 29.9. The smallest absolute Gasteiger partial charge is 0.347 e. The number of rotatable bonds is 9. The lowest BCUT2D eigenvalue weighted by atomic mass is 9.77. The van der Waals surface area contributed by atoms with Gasteiger partial charge in [-0.2, -0.15) is 0 Å². The Morgan fingerprint density at radius 2 is 1.77 bits per heavy atom. The van der Waals surface area contributed by atoms with Crippen molar-refractivity contribution in [2.75, 3.05) is 25.7 Å². The number of hydrogen-bond acceptors (Lipinski definition) is 7. The predicted octanol–water partition coefficient (Wildman–Crippen LogP) is 5.28. The van der Waals surface area contributed by atoms with Gasteiger partial charge in [0.2, 0.25) is 17.9 Å². The molecule has 222 valence electrons. The molecular weight excluding hydrogens is 570 g/mol. The molecule has 0 spiro atoms. The van der Waals surface area contributed by atoms with E-state index < -0.39 is 17.6 Å². The number of ether oxygens (including phenoxy) is 3. The van der Waals surface area contributed by atoms with Crippen molar-refractivity contribution in [1.82, 2.24) is 10.3 Å². The Morgan fingerprint density at radius 3 is 2.44 bits per heavy atom. The molecule has 1 aliphatic heterocycles. The normalized spacial score (nSPS) is 17.0. The number of carboxylic acids is 1. The minimum Gasteiger partial charge on any atom is -0.497 e. The van der Waals surface area contributed by atoms with Gasteiger partial charge in [0.25, 0.3) is 0 Å². The second-order valence-electron chi connectivity index (χ2n) is 10.3. The van der Waals surface area contributed by atoms with Crippen LogP contribution in [-0.4, -0.2) is 48.8 Å². The Kier molecular flexibility index (Phi) is 8.57. The van der Waals surface area contributed by atoms with Crippen molar-refractivity contribution >= 4 is 29.2 Å². The van der Waals surface area contributed by atoms with E-state index in [1.165, 1.54) is 7.11 Å². The van der Waals surface area contributed by atoms with Crippen LogP contribution in [0.5, 0.6) is 17.4 Å². The van der Waals surface area contributed by atoms with E-state index in [1.54, 1.807) is 60.5 Å². The summed E-state index contributed by atoms with van der Waals surface area (Å²) in [5.41, 5.74) is 2.23. The molecule has 5 rings (SSSR count). The van der Waals surface area contributed by atoms with Crippen LogP contribution in [0.25, 0.3) is 0 Å². The third kappa shape index (κ3) is 6.00. The van der Waals surface area contributed by atoms with Crippen LogP contribution in [0.4, 0.5) is 5.69 Å². The highest BCUT2D eigenvalue weighted by atomic mass is 35.5. The summed E-state index contributed by atoms with van der Waals surface area (Å²) < 4.78 is 17.1. The lowest BCUT2D eigenvalue weighted by Gasteiger charge is -2.40. The number of aliphatic carboxylic acids is 1. The van der Waals surface area contributed by atoms with E-state index in [9.17, 15) is 14.7 Å². The molecule has 0 radical (unpaired) electrons. The van der Waals surface area contributed by atoms with Crippen LogP contribution in [0.15, 0.2) is 78.9 Å². The summed E-state index contributed by atoms with van der Waals surface area (Å²) in [6.45, 7) is 3.71. The minimum atomic E-state index is -1.61. The maximum absolute atomic E-state index is 13.9. The lowest BCUT2D eigenvalue weighted by molar-refractivity contribution is -0.149. The molecule has 3 aromatic carbocycles. The number of nitrogens with zero attached hydrogens (tertiary/aromatic N) is 2. The van der Waals surface area contributed by atoms with Crippen LogP contribution in [0.3, 0.4) is 0 Å². The number of benzene rings is 3. The van der Waals surface area contributed by atoms with E-state index >= 15 is 0 Å². The monoisotopic (exact) mass is 601 g/mol. The molecular formula is C33H32ClN3O6. The fraction of sp³-hybridized carbons (Fsp3) is 0.242. The highest BCUT2D eigenvalue weighted by molar-refractivity contribution is 6.30. The first-order valence-corrected chi connectivity index (χ1v) is 14.0. The number of fused-ring (bicyclic) bond motifs is 1. The highest BCUT2D eigenvalue weighted by Crippen LogP contribution is 2.44. The zero-order chi connectivity index (χ0) is 30.7. The van der Waals surface area contributed by atoms with Gasteiger partial charge in [0.1, 0.15) is 17.0 Å². The molecule has 0 fully saturated rings. The summed E-state index contributed by atoms with van der Waals surface area (Å²) in [7, 11) is 3.12. The molecule has 1 amide bonds. The summed E-state index contributed by atoms with van der Waals surface area (Å²) >= 11 is 6.60. The van der Waals surface area contributed by atoms with Gasteiger partial charge in [-0.15, -0.1) is 0 Å². The maximum Gasteiger partial charge on any atom is 0.347 e. The maximum atomic E-state index is 13.9. The number of aryl methyl sites for hydroxylation is 2. The van der Waals surface area contributed by atoms with Crippen LogP contribution >= 0.6 is 11.6 Å². The summed E-state index contributed by atoms with van der Waals surface area (Å²) in [6, 6.07) is 23.1. The number of carboxylic acid groups (broad SMARTS) is 1. The molecule has 10 heteroatoms. The number of carbonyl (C=O) groups is 2. The zero-order valence-electron chi connectivity index (χ0n) is 24.3. The number of amides is 1. The second kappa shape index (κ2) is 12.3. The molecule has 0 aliphatic carbocycles. The average Bonchev–Trinajstić information content (AvgIpc) is 3.10. The van der Waals surface area contributed by atoms with E-state index in [0.29, 0.717) is 39.0 Å². The molecule has 0 bridgehead atoms. The fourth-order valence-electron chi connectivity index (χ4n) is 5.51. The Balaban J connectivity index is 1.75. The standard InChI is InChI=1S/C33H32ClN3O6/c1-20-14-21(2)36-29(15-20)43-31(32(39)40)33(23-6-5-7-26(16-23)42-4)27-17-24(34)10-13-28(27)37(30(38)18-35-33)19-22-8-11-25(41-3)12-9-22/h5-17,31,35H,18-19H2,1-4H3,(H,39,40)/t31-,33+/m1/s1. The van der Waals surface area contributed by atoms with Gasteiger partial charge in [0.15, 0.2) is 0 Å². The molecule has 2 N–H and O–H groups in total. The molecule has 0 unspecified atom stereocenters. The molecule has 0 saturated heterocycles. The third-order valence-electron chi connectivity index (χ3n) is 7.45. The number of aromatic nitrogens is 1. The lowest BCUT2D eigenvalue weighted by Crippen LogP contribution is -2.58. The van der Waals surface area contributed by atoms with Crippen LogP contribution in [-0.2, 0) is 21.7 Å². The van der Waals surface area contributed by atoms with E-state index in [4.69, 9.17) is 25.8 Å². The molecule has 43 heavy (non-hydrogen) atoms. The fourth-order valence-corrected chi connectivity index (χ4v) is 5.68. The Morgan fingerprint density at radius 1 is 1.02 bits per heavy atom. The molecule has 4 aromatic rings. The zero-order valence-corrected chi connectivity index (χ0v) is 25.0. The summed E-state index contributed by atoms with van der Waals surface area (Å²) in [5, 5.41) is 14.5. The number of methoxy groups -OCH3 is 2. The van der Waals surface area contributed by atoms with Gasteiger partial charge < -0.3 is 24.2 Å². The molecule has 0 saturated carbocycles. The van der Waals surface area contributed by atoms with Crippen molar-refractivity contribution in [3.63, 3.8) is 0 Å². The average molecular weight is 602 g/mol. The van der Waals surface area contributed by atoms with Gasteiger partial charge in [-0.25, -0.2) is 9.78 Å². The molecule has 1 aromatic heterocycles. The topological polar surface area (TPSA) is 110 Å². The van der Waals surface area contributed by atoms with Gasteiger partial charge in [-0.05, 0) is 79.1 Å². The van der Waals surface area contributed by atoms with Crippen LogP contribution in [0, 0.1) is 13.8 Å². The molecule has 2 atom stereocenters. The number of hydrogen-bond donors (Lipinski definition) is 2. The van der Waals surface area contributed by atoms with Gasteiger partial charge in [-0.3, -0.25) is 10.1 Å². The molecule has 2 heterocycles. The van der Waals surface area contributed by atoms with Crippen molar-refractivity contribution in [2.45, 2.75) is 32.0 Å². The molecule has 9 nitrogen and oxygen atoms in total. The van der Waals surface area contributed by atoms with Crippen LogP contribution in [0.1, 0.15) is 27.9 Å². The quantitative estimate of drug-likeness (QED) is 0.267. The Bertz CT molecular complexity index is 1640. The number of carbonyl (C=O) groups excluding carboxylic acids is 1. The van der Waals surface area contributed by atoms with Gasteiger partial charge in [-0.1, -0.05) is 35.9 Å². The van der Waals surface area contributed by atoms with E-state index in [0.717, 1.165) is 11.1 Å².